The van der Waals surface area contributed by atoms with Gasteiger partial charge in [-0.2, -0.15) is 0 Å². The number of hydrogen-bond donors (Lipinski definition) is 4. The van der Waals surface area contributed by atoms with E-state index in [1.54, 1.807) is 27.7 Å². The Kier molecular flexibility index (Phi) is 16.1. The summed E-state index contributed by atoms with van der Waals surface area (Å²) < 4.78 is 5.55. The Morgan fingerprint density at radius 2 is 0.977 bits per heavy atom. The summed E-state index contributed by atoms with van der Waals surface area (Å²) in [6, 6.07) is 0. The summed E-state index contributed by atoms with van der Waals surface area (Å²) in [6.45, 7) is 11.0. The van der Waals surface area contributed by atoms with Gasteiger partial charge in [-0.15, -0.1) is 0 Å². The Bertz CT molecular complexity index is 1580. The molecule has 0 fully saturated rings. The van der Waals surface area contributed by atoms with Gasteiger partial charge < -0.3 is 41.5 Å². The first-order valence-corrected chi connectivity index (χ1v) is 13.3. The minimum Gasteiger partial charge on any atom is -0.513 e. The zero-order valence-electron chi connectivity index (χ0n) is 24.2. The van der Waals surface area contributed by atoms with E-state index in [1.165, 1.54) is 32.1 Å². The van der Waals surface area contributed by atoms with Crippen LogP contribution in [0.5, 0.6) is 11.8 Å². The van der Waals surface area contributed by atoms with Crippen LogP contribution >= 0.6 is 24.4 Å². The molecule has 0 amide bonds. The molecule has 16 nitrogen and oxygen atoms in total. The molecular formula is C24H32FeN10O6S2. The molecule has 234 valence electrons. The van der Waals surface area contributed by atoms with Gasteiger partial charge in [-0.05, 0) is 89.8 Å². The number of allylic oxidation sites excluding steroid dienone is 2. The van der Waals surface area contributed by atoms with Crippen LogP contribution in [0, 0.1) is 9.54 Å². The van der Waals surface area contributed by atoms with Crippen LogP contribution in [-0.4, -0.2) is 50.4 Å². The van der Waals surface area contributed by atoms with Crippen LogP contribution in [0.4, 0.5) is 11.4 Å². The minimum absolute atomic E-state index is 0. The van der Waals surface area contributed by atoms with Gasteiger partial charge in [0.25, 0.3) is 11.1 Å². The Hall–Kier alpha value is -4.06. The summed E-state index contributed by atoms with van der Waals surface area (Å²) >= 11 is 10.2. The van der Waals surface area contributed by atoms with E-state index in [2.05, 4.69) is 20.5 Å². The molecule has 0 spiro atoms. The van der Waals surface area contributed by atoms with Gasteiger partial charge in [0.2, 0.25) is 11.8 Å². The van der Waals surface area contributed by atoms with Crippen molar-refractivity contribution < 1.29 is 37.5 Å². The fourth-order valence-electron chi connectivity index (χ4n) is 3.29. The van der Waals surface area contributed by atoms with E-state index in [1.807, 2.05) is 0 Å². The fraction of sp³-hybridized carbons (Fsp3) is 0.417. The SMILES string of the molecule is CCn1c(O)c(N=NC(=[N-])/C=C(/C)O)c(=O)n(CC)c1=S.CCn1c(O)c(N=NC(=[N-])/C=C(/C)O)c(=O)n(CC)c1=S.[Fe+2]. The average molecular weight is 677 g/mol. The number of rotatable bonds is 8. The molecule has 2 heterocycles. The number of aromatic hydroxyl groups is 2. The zero-order valence-corrected chi connectivity index (χ0v) is 27.0. The average Bonchev–Trinajstić information content (AvgIpc) is 2.89. The van der Waals surface area contributed by atoms with Crippen molar-refractivity contribution in [2.45, 2.75) is 67.7 Å². The third kappa shape index (κ3) is 10.0. The first-order chi connectivity index (χ1) is 19.7. The Morgan fingerprint density at radius 1 is 0.698 bits per heavy atom. The molecule has 0 bridgehead atoms. The van der Waals surface area contributed by atoms with Crippen LogP contribution in [0.2, 0.25) is 0 Å². The largest absolute Gasteiger partial charge is 2.00 e. The van der Waals surface area contributed by atoms with Crippen molar-refractivity contribution in [3.63, 3.8) is 0 Å². The third-order valence-electron chi connectivity index (χ3n) is 5.20. The molecule has 0 saturated heterocycles. The Labute approximate surface area is 267 Å². The zero-order chi connectivity index (χ0) is 32.3. The van der Waals surface area contributed by atoms with E-state index in [9.17, 15) is 30.6 Å². The second-order valence-electron chi connectivity index (χ2n) is 8.18. The van der Waals surface area contributed by atoms with E-state index in [-0.39, 0.29) is 49.5 Å². The molecule has 43 heavy (non-hydrogen) atoms. The maximum Gasteiger partial charge on any atom is 2.00 e. The van der Waals surface area contributed by atoms with Gasteiger partial charge in [-0.25, -0.2) is 10.2 Å². The predicted molar refractivity (Wildman–Crippen MR) is 164 cm³/mol. The van der Waals surface area contributed by atoms with Gasteiger partial charge in [0.05, 0.1) is 11.5 Å². The van der Waals surface area contributed by atoms with E-state index in [0.29, 0.717) is 26.2 Å². The molecule has 2 aromatic rings. The summed E-state index contributed by atoms with van der Waals surface area (Å²) in [6.07, 6.45) is 1.91. The standard InChI is InChI=1S/2C12H16N5O3S.Fe/c2*1-4-16-10(19)9(11(20)17(5-2)12(16)21)15-14-8(13)6-7(3)18;/h2*6,18-19H,4-5H2,1-3H3;/q2*-1;+2/b2*7-6-,15-14?;. The summed E-state index contributed by atoms with van der Waals surface area (Å²) in [5.41, 5.74) is -1.87. The monoisotopic (exact) mass is 676 g/mol. The molecule has 2 rings (SSSR count). The van der Waals surface area contributed by atoms with Crippen molar-refractivity contribution in [2.75, 3.05) is 0 Å². The second-order valence-corrected chi connectivity index (χ2v) is 8.92. The third-order valence-corrected chi connectivity index (χ3v) is 6.08. The molecular weight excluding hydrogens is 644 g/mol. The normalized spacial score (nSPS) is 11.8. The summed E-state index contributed by atoms with van der Waals surface area (Å²) in [5.74, 6) is -2.38. The van der Waals surface area contributed by atoms with Crippen LogP contribution in [0.15, 0.2) is 53.7 Å². The summed E-state index contributed by atoms with van der Waals surface area (Å²) in [4.78, 5) is 24.3. The van der Waals surface area contributed by atoms with Gasteiger partial charge in [-0.3, -0.25) is 27.9 Å². The van der Waals surface area contributed by atoms with Crippen molar-refractivity contribution in [2.24, 2.45) is 20.5 Å². The van der Waals surface area contributed by atoms with Crippen molar-refractivity contribution in [1.29, 1.82) is 0 Å². The fourth-order valence-corrected chi connectivity index (χ4v) is 4.14. The molecule has 4 N–H and O–H groups in total. The van der Waals surface area contributed by atoms with Crippen molar-refractivity contribution in [3.8, 4) is 11.8 Å². The number of hydrogen-bond acceptors (Lipinski definition) is 10. The predicted octanol–water partition coefficient (Wildman–Crippen LogP) is 5.27. The number of nitrogens with zero attached hydrogens (tertiary/aromatic N) is 10. The van der Waals surface area contributed by atoms with Gasteiger partial charge >= 0.3 is 17.1 Å². The van der Waals surface area contributed by atoms with Crippen LogP contribution in [0.3, 0.4) is 0 Å². The van der Waals surface area contributed by atoms with Crippen LogP contribution in [0.25, 0.3) is 10.8 Å². The van der Waals surface area contributed by atoms with Crippen LogP contribution < -0.4 is 11.1 Å². The molecule has 0 unspecified atom stereocenters. The van der Waals surface area contributed by atoms with Gasteiger partial charge in [0.1, 0.15) is 0 Å². The van der Waals surface area contributed by atoms with Crippen LogP contribution in [0.1, 0.15) is 41.5 Å². The number of amidine groups is 2. The van der Waals surface area contributed by atoms with Crippen LogP contribution in [-0.2, 0) is 43.2 Å². The molecule has 0 radical (unpaired) electrons. The van der Waals surface area contributed by atoms with Gasteiger partial charge in [0.15, 0.2) is 20.9 Å². The second kappa shape index (κ2) is 17.8. The smallest absolute Gasteiger partial charge is 0.513 e. The molecule has 0 aliphatic rings. The summed E-state index contributed by atoms with van der Waals surface area (Å²) in [7, 11) is 0. The van der Waals surface area contributed by atoms with Crippen molar-refractivity contribution >= 4 is 47.5 Å². The van der Waals surface area contributed by atoms with E-state index < -0.39 is 34.5 Å². The molecule has 2 aromatic heterocycles. The summed E-state index contributed by atoms with van der Waals surface area (Å²) in [5, 5.41) is 70.6. The van der Waals surface area contributed by atoms with E-state index in [0.717, 1.165) is 12.2 Å². The number of aromatic nitrogens is 4. The quantitative estimate of drug-likeness (QED) is 0.0717. The molecule has 0 saturated carbocycles. The van der Waals surface area contributed by atoms with Crippen molar-refractivity contribution in [3.05, 3.63) is 64.7 Å². The Balaban J connectivity index is 0.000000802. The number of aliphatic hydroxyl groups is 2. The minimum atomic E-state index is -0.606. The topological polar surface area (TPSA) is 229 Å². The molecule has 19 heteroatoms. The molecule has 0 aliphatic heterocycles. The van der Waals surface area contributed by atoms with E-state index >= 15 is 0 Å². The molecule has 0 aromatic carbocycles. The van der Waals surface area contributed by atoms with Gasteiger partial charge in [0, 0.05) is 26.2 Å². The van der Waals surface area contributed by atoms with Crippen molar-refractivity contribution in [1.82, 2.24) is 18.3 Å². The van der Waals surface area contributed by atoms with E-state index in [4.69, 9.17) is 34.6 Å². The number of azo groups is 2. The number of aliphatic hydroxyl groups excluding tert-OH is 2. The molecule has 0 atom stereocenters. The maximum atomic E-state index is 12.2. The Morgan fingerprint density at radius 3 is 1.21 bits per heavy atom. The molecule has 0 aliphatic carbocycles. The maximum absolute atomic E-state index is 12.2. The first kappa shape index (κ1) is 38.9. The first-order valence-electron chi connectivity index (χ1n) is 12.5. The van der Waals surface area contributed by atoms with Gasteiger partial charge in [-0.1, -0.05) is 0 Å².